The molecule has 1 heterocycles. The largest absolute Gasteiger partial charge is 0.480 e. The van der Waals surface area contributed by atoms with Gasteiger partial charge in [-0.1, -0.05) is 6.92 Å². The Bertz CT molecular complexity index is 313. The Labute approximate surface area is 100 Å². The molecule has 1 aliphatic heterocycles. The fraction of sp³-hybridized carbons (Fsp3) is 0.727. The maximum Gasteiger partial charge on any atom is 0.320 e. The van der Waals surface area contributed by atoms with Crippen LogP contribution in [0.3, 0.4) is 0 Å². The summed E-state index contributed by atoms with van der Waals surface area (Å²) in [4.78, 5) is 36.5. The molecule has 1 N–H and O–H groups in total. The number of likely N-dealkylation sites (tertiary alicyclic amines) is 1. The molecule has 6 heteroatoms. The molecule has 1 rings (SSSR count). The van der Waals surface area contributed by atoms with Crippen LogP contribution >= 0.6 is 0 Å². The summed E-state index contributed by atoms with van der Waals surface area (Å²) in [5.74, 6) is -1.20. The lowest BCUT2D eigenvalue weighted by Gasteiger charge is -2.25. The van der Waals surface area contributed by atoms with Crippen LogP contribution in [0.15, 0.2) is 0 Å². The number of aliphatic carboxylic acids is 1. The van der Waals surface area contributed by atoms with E-state index in [1.807, 2.05) is 0 Å². The second kappa shape index (κ2) is 5.77. The van der Waals surface area contributed by atoms with E-state index in [2.05, 4.69) is 0 Å². The minimum absolute atomic E-state index is 0.160. The molecule has 0 spiro atoms. The summed E-state index contributed by atoms with van der Waals surface area (Å²) in [6, 6.07) is -0.567. The van der Waals surface area contributed by atoms with E-state index in [9.17, 15) is 14.4 Å². The number of rotatable bonds is 6. The molecule has 0 saturated carbocycles. The van der Waals surface area contributed by atoms with Gasteiger partial charge in [0.1, 0.15) is 6.04 Å². The quantitative estimate of drug-likeness (QED) is 0.660. The van der Waals surface area contributed by atoms with Crippen molar-refractivity contribution in [2.75, 3.05) is 20.1 Å². The molecule has 0 aromatic rings. The molecule has 1 atom stereocenters. The minimum Gasteiger partial charge on any atom is -0.480 e. The third kappa shape index (κ3) is 3.26. The van der Waals surface area contributed by atoms with E-state index < -0.39 is 12.0 Å². The van der Waals surface area contributed by atoms with Crippen LogP contribution < -0.4 is 0 Å². The van der Waals surface area contributed by atoms with Crippen LogP contribution in [0.5, 0.6) is 0 Å². The number of carbonyl (C=O) groups excluding carboxylic acids is 2. The van der Waals surface area contributed by atoms with Gasteiger partial charge in [0, 0.05) is 25.9 Å². The van der Waals surface area contributed by atoms with Gasteiger partial charge in [-0.25, -0.2) is 0 Å². The van der Waals surface area contributed by atoms with Gasteiger partial charge in [0.25, 0.3) is 0 Å². The second-order valence-electron chi connectivity index (χ2n) is 4.18. The first kappa shape index (κ1) is 13.6. The monoisotopic (exact) mass is 242 g/mol. The molecule has 1 saturated heterocycles. The fourth-order valence-corrected chi connectivity index (χ4v) is 1.96. The standard InChI is InChI=1S/C11H18N2O4/c1-3-8(11(16)17)12(2)6-7-13-9(14)4-5-10(13)15/h8H,3-7H2,1-2H3,(H,16,17). The van der Waals surface area contributed by atoms with E-state index in [4.69, 9.17) is 5.11 Å². The topological polar surface area (TPSA) is 77.9 Å². The van der Waals surface area contributed by atoms with E-state index in [1.165, 1.54) is 4.90 Å². The van der Waals surface area contributed by atoms with Crippen molar-refractivity contribution in [3.63, 3.8) is 0 Å². The van der Waals surface area contributed by atoms with Crippen molar-refractivity contribution < 1.29 is 19.5 Å². The predicted octanol–water partition coefficient (Wildman–Crippen LogP) is -0.0696. The average molecular weight is 242 g/mol. The Morgan fingerprint density at radius 3 is 2.35 bits per heavy atom. The Kier molecular flexibility index (Phi) is 4.62. The summed E-state index contributed by atoms with van der Waals surface area (Å²) in [5.41, 5.74) is 0. The Morgan fingerprint density at radius 1 is 1.41 bits per heavy atom. The van der Waals surface area contributed by atoms with E-state index in [-0.39, 0.29) is 31.2 Å². The number of carbonyl (C=O) groups is 3. The SMILES string of the molecule is CCC(C(=O)O)N(C)CCN1C(=O)CCC1=O. The number of imide groups is 1. The van der Waals surface area contributed by atoms with Gasteiger partial charge in [-0.3, -0.25) is 24.2 Å². The van der Waals surface area contributed by atoms with Gasteiger partial charge in [-0.2, -0.15) is 0 Å². The highest BCUT2D eigenvalue weighted by Crippen LogP contribution is 2.11. The molecule has 0 radical (unpaired) electrons. The molecule has 6 nitrogen and oxygen atoms in total. The predicted molar refractivity (Wildman–Crippen MR) is 60.3 cm³/mol. The summed E-state index contributed by atoms with van der Waals surface area (Å²) in [5, 5.41) is 8.95. The van der Waals surface area contributed by atoms with Crippen LogP contribution in [0.25, 0.3) is 0 Å². The highest BCUT2D eigenvalue weighted by molar-refractivity contribution is 6.01. The Morgan fingerprint density at radius 2 is 1.94 bits per heavy atom. The summed E-state index contributed by atoms with van der Waals surface area (Å²) in [6.07, 6.45) is 1.05. The molecule has 17 heavy (non-hydrogen) atoms. The smallest absolute Gasteiger partial charge is 0.320 e. The van der Waals surface area contributed by atoms with E-state index in [0.29, 0.717) is 13.0 Å². The molecule has 2 amide bonds. The molecule has 0 aliphatic carbocycles. The van der Waals surface area contributed by atoms with Crippen molar-refractivity contribution in [3.8, 4) is 0 Å². The molecule has 0 aromatic carbocycles. The van der Waals surface area contributed by atoms with Crippen LogP contribution in [0, 0.1) is 0 Å². The zero-order valence-electron chi connectivity index (χ0n) is 10.2. The Hall–Kier alpha value is -1.43. The molecule has 0 bridgehead atoms. The van der Waals surface area contributed by atoms with Crippen LogP contribution in [0.4, 0.5) is 0 Å². The summed E-state index contributed by atoms with van der Waals surface area (Å²) < 4.78 is 0. The van der Waals surface area contributed by atoms with Crippen molar-refractivity contribution in [2.24, 2.45) is 0 Å². The lowest BCUT2D eigenvalue weighted by molar-refractivity contribution is -0.143. The summed E-state index contributed by atoms with van der Waals surface area (Å²) in [6.45, 7) is 2.46. The van der Waals surface area contributed by atoms with Gasteiger partial charge in [0.05, 0.1) is 0 Å². The van der Waals surface area contributed by atoms with Crippen molar-refractivity contribution in [1.29, 1.82) is 0 Å². The molecule has 1 aliphatic rings. The lowest BCUT2D eigenvalue weighted by Crippen LogP contribution is -2.43. The van der Waals surface area contributed by atoms with Crippen molar-refractivity contribution in [2.45, 2.75) is 32.2 Å². The maximum absolute atomic E-state index is 11.3. The maximum atomic E-state index is 11.3. The van der Waals surface area contributed by atoms with Gasteiger partial charge >= 0.3 is 5.97 Å². The van der Waals surface area contributed by atoms with E-state index in [1.54, 1.807) is 18.9 Å². The van der Waals surface area contributed by atoms with E-state index >= 15 is 0 Å². The van der Waals surface area contributed by atoms with Crippen LogP contribution in [0.1, 0.15) is 26.2 Å². The number of hydrogen-bond acceptors (Lipinski definition) is 4. The molecule has 0 aromatic heterocycles. The first-order chi connectivity index (χ1) is 7.97. The minimum atomic E-state index is -0.880. The van der Waals surface area contributed by atoms with Gasteiger partial charge in [-0.05, 0) is 13.5 Å². The molecule has 1 unspecified atom stereocenters. The molecular formula is C11H18N2O4. The zero-order valence-corrected chi connectivity index (χ0v) is 10.2. The normalized spacial score (nSPS) is 17.9. The van der Waals surface area contributed by atoms with E-state index in [0.717, 1.165) is 0 Å². The summed E-state index contributed by atoms with van der Waals surface area (Å²) >= 11 is 0. The number of nitrogens with zero attached hydrogens (tertiary/aromatic N) is 2. The van der Waals surface area contributed by atoms with Crippen LogP contribution in [0.2, 0.25) is 0 Å². The van der Waals surface area contributed by atoms with Crippen molar-refractivity contribution in [3.05, 3.63) is 0 Å². The zero-order chi connectivity index (χ0) is 13.0. The number of carboxylic acids is 1. The number of hydrogen-bond donors (Lipinski definition) is 1. The molecular weight excluding hydrogens is 224 g/mol. The molecule has 1 fully saturated rings. The fourth-order valence-electron chi connectivity index (χ4n) is 1.96. The second-order valence-corrected chi connectivity index (χ2v) is 4.18. The first-order valence-electron chi connectivity index (χ1n) is 5.73. The number of carboxylic acid groups (broad SMARTS) is 1. The van der Waals surface area contributed by atoms with Gasteiger partial charge in [0.2, 0.25) is 11.8 Å². The summed E-state index contributed by atoms with van der Waals surface area (Å²) in [7, 11) is 1.69. The van der Waals surface area contributed by atoms with Crippen LogP contribution in [-0.4, -0.2) is 58.9 Å². The van der Waals surface area contributed by atoms with Gasteiger partial charge < -0.3 is 5.11 Å². The van der Waals surface area contributed by atoms with Crippen LogP contribution in [-0.2, 0) is 14.4 Å². The number of amides is 2. The third-order valence-electron chi connectivity index (χ3n) is 3.03. The van der Waals surface area contributed by atoms with Crippen molar-refractivity contribution >= 4 is 17.8 Å². The lowest BCUT2D eigenvalue weighted by atomic mass is 10.2. The highest BCUT2D eigenvalue weighted by atomic mass is 16.4. The highest BCUT2D eigenvalue weighted by Gasteiger charge is 2.29. The van der Waals surface area contributed by atoms with Gasteiger partial charge in [0.15, 0.2) is 0 Å². The van der Waals surface area contributed by atoms with Crippen molar-refractivity contribution in [1.82, 2.24) is 9.80 Å². The number of likely N-dealkylation sites (N-methyl/N-ethyl adjacent to an activating group) is 1. The third-order valence-corrected chi connectivity index (χ3v) is 3.03. The average Bonchev–Trinajstić information content (AvgIpc) is 2.56. The Balaban J connectivity index is 2.47. The molecule has 96 valence electrons. The first-order valence-corrected chi connectivity index (χ1v) is 5.73. The van der Waals surface area contributed by atoms with Gasteiger partial charge in [-0.15, -0.1) is 0 Å².